The maximum absolute atomic E-state index is 11.3. The third-order valence-corrected chi connectivity index (χ3v) is 2.28. The van der Waals surface area contributed by atoms with Crippen LogP contribution in [0.1, 0.15) is 6.92 Å². The lowest BCUT2D eigenvalue weighted by Crippen LogP contribution is -2.39. The van der Waals surface area contributed by atoms with E-state index in [4.69, 9.17) is 0 Å². The van der Waals surface area contributed by atoms with Crippen LogP contribution >= 0.6 is 0 Å². The van der Waals surface area contributed by atoms with Gasteiger partial charge < -0.3 is 0 Å². The van der Waals surface area contributed by atoms with Crippen LogP contribution in [0.15, 0.2) is 18.7 Å². The molecule has 1 heterocycles. The van der Waals surface area contributed by atoms with Crippen LogP contribution in [0.25, 0.3) is 0 Å². The Balaban J connectivity index is 0.000000356. The minimum Gasteiger partial charge on any atom is -0.263 e. The van der Waals surface area contributed by atoms with Crippen LogP contribution in [-0.4, -0.2) is 31.3 Å². The molecular formula is C9H15F3N3O3S+. The van der Waals surface area contributed by atoms with Gasteiger partial charge in [0.25, 0.3) is 0 Å². The molecule has 0 aliphatic carbocycles. The fourth-order valence-corrected chi connectivity index (χ4v) is 1.37. The summed E-state index contributed by atoms with van der Waals surface area (Å²) in [7, 11) is -2.11. The zero-order chi connectivity index (χ0) is 15.3. The van der Waals surface area contributed by atoms with Gasteiger partial charge in [-0.15, -0.1) is 0 Å². The lowest BCUT2D eigenvalue weighted by molar-refractivity contribution is -0.671. The summed E-state index contributed by atoms with van der Waals surface area (Å²) in [6, 6.07) is 0. The SMILES string of the molecule is CCn1cc[n+](C)c1.CS(=O)(=O)NC(=O)C(F)(F)F. The summed E-state index contributed by atoms with van der Waals surface area (Å²) in [6.07, 6.45) is 1.43. The Morgan fingerprint density at radius 2 is 1.95 bits per heavy atom. The number of hydrogen-bond acceptors (Lipinski definition) is 3. The summed E-state index contributed by atoms with van der Waals surface area (Å²) in [5.74, 6) is -2.49. The number of carbonyl (C=O) groups is 1. The van der Waals surface area contributed by atoms with E-state index in [-0.39, 0.29) is 0 Å². The number of rotatable bonds is 2. The maximum Gasteiger partial charge on any atom is 0.472 e. The predicted octanol–water partition coefficient (Wildman–Crippen LogP) is -0.0430. The molecule has 6 nitrogen and oxygen atoms in total. The van der Waals surface area contributed by atoms with Crippen molar-refractivity contribution >= 4 is 15.9 Å². The Morgan fingerprint density at radius 1 is 1.42 bits per heavy atom. The summed E-state index contributed by atoms with van der Waals surface area (Å²) >= 11 is 0. The number of aromatic nitrogens is 2. The van der Waals surface area contributed by atoms with Crippen LogP contribution in [0.2, 0.25) is 0 Å². The third kappa shape index (κ3) is 8.19. The topological polar surface area (TPSA) is 72.1 Å². The number of carbonyl (C=O) groups excluding carboxylic acids is 1. The smallest absolute Gasteiger partial charge is 0.263 e. The van der Waals surface area contributed by atoms with Crippen molar-refractivity contribution in [3.05, 3.63) is 18.7 Å². The summed E-state index contributed by atoms with van der Waals surface area (Å²) < 4.78 is 58.9. The van der Waals surface area contributed by atoms with Crippen molar-refractivity contribution in [2.45, 2.75) is 19.6 Å². The van der Waals surface area contributed by atoms with Crippen LogP contribution in [-0.2, 0) is 28.4 Å². The Bertz CT molecular complexity index is 522. The van der Waals surface area contributed by atoms with E-state index in [2.05, 4.69) is 24.0 Å². The third-order valence-electron chi connectivity index (χ3n) is 1.72. The van der Waals surface area contributed by atoms with E-state index in [0.29, 0.717) is 6.26 Å². The van der Waals surface area contributed by atoms with Gasteiger partial charge in [-0.25, -0.2) is 22.3 Å². The minimum atomic E-state index is -5.16. The van der Waals surface area contributed by atoms with Gasteiger partial charge in [-0.3, -0.25) is 4.79 Å². The van der Waals surface area contributed by atoms with E-state index in [1.54, 1.807) is 0 Å². The Morgan fingerprint density at radius 3 is 2.11 bits per heavy atom. The van der Waals surface area contributed by atoms with Crippen molar-refractivity contribution in [1.82, 2.24) is 9.29 Å². The highest BCUT2D eigenvalue weighted by Gasteiger charge is 2.40. The fraction of sp³-hybridized carbons (Fsp3) is 0.556. The van der Waals surface area contributed by atoms with Crippen molar-refractivity contribution in [1.29, 1.82) is 0 Å². The average molecular weight is 302 g/mol. The van der Waals surface area contributed by atoms with Gasteiger partial charge in [0.05, 0.1) is 19.8 Å². The molecule has 0 bridgehead atoms. The number of imidazole rings is 1. The van der Waals surface area contributed by atoms with Gasteiger partial charge in [-0.2, -0.15) is 13.2 Å². The normalized spacial score (nSPS) is 11.5. The molecule has 1 aromatic heterocycles. The molecule has 0 unspecified atom stereocenters. The Kier molecular flexibility index (Phi) is 6.00. The predicted molar refractivity (Wildman–Crippen MR) is 60.3 cm³/mol. The second-order valence-electron chi connectivity index (χ2n) is 3.61. The van der Waals surface area contributed by atoms with Gasteiger partial charge in [0.1, 0.15) is 12.4 Å². The first kappa shape index (κ1) is 17.4. The number of nitrogens with one attached hydrogen (secondary N) is 1. The summed E-state index contributed by atoms with van der Waals surface area (Å²) in [6.45, 7) is 3.18. The highest BCUT2D eigenvalue weighted by atomic mass is 32.2. The zero-order valence-corrected chi connectivity index (χ0v) is 11.4. The molecule has 0 saturated carbocycles. The number of halogens is 3. The van der Waals surface area contributed by atoms with Crippen molar-refractivity contribution in [3.8, 4) is 0 Å². The van der Waals surface area contributed by atoms with E-state index in [1.165, 1.54) is 0 Å². The molecule has 1 aromatic rings. The van der Waals surface area contributed by atoms with Crippen LogP contribution < -0.4 is 9.29 Å². The molecule has 1 rings (SSSR count). The zero-order valence-electron chi connectivity index (χ0n) is 10.6. The van der Waals surface area contributed by atoms with Crippen LogP contribution in [0.3, 0.4) is 0 Å². The molecule has 1 amide bonds. The van der Waals surface area contributed by atoms with Gasteiger partial charge in [0.15, 0.2) is 0 Å². The number of hydrogen-bond donors (Lipinski definition) is 1. The molecule has 10 heteroatoms. The largest absolute Gasteiger partial charge is 0.472 e. The molecule has 0 aromatic carbocycles. The molecule has 1 N–H and O–H groups in total. The van der Waals surface area contributed by atoms with Crippen molar-refractivity contribution in [3.63, 3.8) is 0 Å². The molecule has 0 radical (unpaired) electrons. The Hall–Kier alpha value is -1.58. The van der Waals surface area contributed by atoms with Crippen LogP contribution in [0.5, 0.6) is 0 Å². The maximum atomic E-state index is 11.3. The molecule has 0 atom stereocenters. The van der Waals surface area contributed by atoms with Crippen molar-refractivity contribution < 1.29 is 31.0 Å². The summed E-state index contributed by atoms with van der Waals surface area (Å²) in [5.41, 5.74) is 0. The minimum absolute atomic E-state index is 0.455. The van der Waals surface area contributed by atoms with E-state index >= 15 is 0 Å². The second-order valence-corrected chi connectivity index (χ2v) is 5.36. The van der Waals surface area contributed by atoms with E-state index in [0.717, 1.165) is 11.3 Å². The first-order valence-corrected chi connectivity index (χ1v) is 6.94. The molecule has 19 heavy (non-hydrogen) atoms. The quantitative estimate of drug-likeness (QED) is 0.779. The van der Waals surface area contributed by atoms with Gasteiger partial charge in [-0.05, 0) is 6.92 Å². The van der Waals surface area contributed by atoms with Gasteiger partial charge in [0, 0.05) is 0 Å². The summed E-state index contributed by atoms with van der Waals surface area (Å²) in [5, 5.41) is 0. The molecule has 110 valence electrons. The number of amides is 1. The van der Waals surface area contributed by atoms with Crippen molar-refractivity contribution in [2.75, 3.05) is 6.26 Å². The molecule has 0 spiro atoms. The Labute approximate surface area is 108 Å². The number of sulfonamides is 1. The average Bonchev–Trinajstić information content (AvgIpc) is 2.61. The van der Waals surface area contributed by atoms with Crippen LogP contribution in [0, 0.1) is 0 Å². The number of alkyl halides is 3. The van der Waals surface area contributed by atoms with E-state index < -0.39 is 22.1 Å². The van der Waals surface area contributed by atoms with Gasteiger partial charge in [-0.1, -0.05) is 0 Å². The lowest BCUT2D eigenvalue weighted by Gasteiger charge is -2.04. The van der Waals surface area contributed by atoms with Gasteiger partial charge >= 0.3 is 12.1 Å². The number of aryl methyl sites for hydroxylation is 2. The molecular weight excluding hydrogens is 287 g/mol. The van der Waals surface area contributed by atoms with E-state index in [1.807, 2.05) is 17.8 Å². The highest BCUT2D eigenvalue weighted by Crippen LogP contribution is 2.14. The number of nitrogens with zero attached hydrogens (tertiary/aromatic N) is 2. The van der Waals surface area contributed by atoms with Crippen molar-refractivity contribution in [2.24, 2.45) is 7.05 Å². The molecule has 0 aliphatic heterocycles. The summed E-state index contributed by atoms with van der Waals surface area (Å²) in [4.78, 5) is 9.86. The lowest BCUT2D eigenvalue weighted by atomic mass is 10.6. The molecule has 0 aliphatic rings. The molecule has 0 saturated heterocycles. The second kappa shape index (κ2) is 6.55. The fourth-order valence-electron chi connectivity index (χ4n) is 0.915. The first-order chi connectivity index (χ1) is 8.45. The van der Waals surface area contributed by atoms with E-state index in [9.17, 15) is 26.4 Å². The first-order valence-electron chi connectivity index (χ1n) is 5.05. The standard InChI is InChI=1S/C6H11N2.C3H4F3NO3S/c1-3-8-5-4-7(2)6-8;1-11(9,10)7-2(8)3(4,5)6/h4-6H,3H2,1-2H3;1H3,(H,7,8)/q+1;. The van der Waals surface area contributed by atoms with Crippen LogP contribution in [0.4, 0.5) is 13.2 Å². The highest BCUT2D eigenvalue weighted by molar-refractivity contribution is 7.89. The van der Waals surface area contributed by atoms with Gasteiger partial charge in [0.2, 0.25) is 16.4 Å². The monoisotopic (exact) mass is 302 g/mol. The molecule has 0 fully saturated rings.